The van der Waals surface area contributed by atoms with E-state index in [1.807, 2.05) is 47.9 Å². The lowest BCUT2D eigenvalue weighted by molar-refractivity contribution is 0.0876. The van der Waals surface area contributed by atoms with Gasteiger partial charge in [0.1, 0.15) is 23.9 Å². The quantitative estimate of drug-likeness (QED) is 0.445. The molecule has 0 aliphatic rings. The lowest BCUT2D eigenvalue weighted by Crippen LogP contribution is -2.16. The van der Waals surface area contributed by atoms with E-state index in [0.29, 0.717) is 29.9 Å². The number of nitrogen functional groups attached to an aromatic ring is 1. The number of ether oxygens (including phenoxy) is 1. The van der Waals surface area contributed by atoms with E-state index in [2.05, 4.69) is 21.0 Å². The van der Waals surface area contributed by atoms with Crippen molar-refractivity contribution in [3.8, 4) is 5.75 Å². The van der Waals surface area contributed by atoms with Gasteiger partial charge >= 0.3 is 0 Å². The van der Waals surface area contributed by atoms with E-state index < -0.39 is 7.50 Å². The molecular weight excluding hydrogens is 397 g/mol. The van der Waals surface area contributed by atoms with Crippen molar-refractivity contribution in [3.05, 3.63) is 55.1 Å². The van der Waals surface area contributed by atoms with Crippen molar-refractivity contribution in [2.24, 2.45) is 0 Å². The molecular formula is C19H19ClN5O2P. The Labute approximate surface area is 168 Å². The molecule has 0 radical (unpaired) electrons. The maximum atomic E-state index is 6.37. The van der Waals surface area contributed by atoms with Gasteiger partial charge in [0.05, 0.1) is 19.0 Å². The predicted molar refractivity (Wildman–Crippen MR) is 112 cm³/mol. The minimum Gasteiger partial charge on any atom is -0.455 e. The molecule has 144 valence electrons. The number of imidazole rings is 1. The van der Waals surface area contributed by atoms with Gasteiger partial charge in [-0.1, -0.05) is 30.3 Å². The first-order valence-corrected chi connectivity index (χ1v) is 11.1. The van der Waals surface area contributed by atoms with E-state index in [9.17, 15) is 0 Å². The third-order valence-corrected chi connectivity index (χ3v) is 5.53. The lowest BCUT2D eigenvalue weighted by atomic mass is 10.1. The highest BCUT2D eigenvalue weighted by Gasteiger charge is 2.14. The van der Waals surface area contributed by atoms with Crippen LogP contribution in [-0.2, 0) is 11.3 Å². The second-order valence-electron chi connectivity index (χ2n) is 6.35. The molecule has 2 N–H and O–H groups in total. The Bertz CT molecular complexity index is 1110. The summed E-state index contributed by atoms with van der Waals surface area (Å²) in [6.45, 7) is 2.54. The molecule has 2 heterocycles. The Hall–Kier alpha value is -2.47. The van der Waals surface area contributed by atoms with Crippen LogP contribution in [0.2, 0.25) is 0 Å². The number of rotatable bonds is 7. The molecule has 0 aliphatic heterocycles. The van der Waals surface area contributed by atoms with Crippen molar-refractivity contribution in [3.63, 3.8) is 0 Å². The fourth-order valence-electron chi connectivity index (χ4n) is 2.91. The van der Waals surface area contributed by atoms with Crippen molar-refractivity contribution in [2.45, 2.75) is 19.6 Å². The van der Waals surface area contributed by atoms with Crippen LogP contribution >= 0.6 is 18.7 Å². The summed E-state index contributed by atoms with van der Waals surface area (Å²) in [5.74, 6) is 1.11. The molecule has 2 aromatic carbocycles. The summed E-state index contributed by atoms with van der Waals surface area (Å²) >= 11 is 6.37. The zero-order valence-electron chi connectivity index (χ0n) is 15.2. The molecule has 0 aliphatic carbocycles. The third kappa shape index (κ3) is 4.17. The maximum absolute atomic E-state index is 6.37. The third-order valence-electron chi connectivity index (χ3n) is 4.27. The molecule has 2 atom stereocenters. The Kier molecular flexibility index (Phi) is 5.57. The van der Waals surface area contributed by atoms with E-state index in [1.54, 1.807) is 6.33 Å². The lowest BCUT2D eigenvalue weighted by Gasteiger charge is -2.17. The van der Waals surface area contributed by atoms with Crippen LogP contribution in [0.3, 0.4) is 0 Å². The van der Waals surface area contributed by atoms with Gasteiger partial charge in [0, 0.05) is 0 Å². The van der Waals surface area contributed by atoms with E-state index in [4.69, 9.17) is 26.2 Å². The average Bonchev–Trinajstić information content (AvgIpc) is 3.10. The van der Waals surface area contributed by atoms with Gasteiger partial charge < -0.3 is 19.6 Å². The summed E-state index contributed by atoms with van der Waals surface area (Å²) in [6.07, 6.45) is 3.33. The Morgan fingerprint density at radius 3 is 2.82 bits per heavy atom. The maximum Gasteiger partial charge on any atom is 0.209 e. The number of nitrogens with two attached hydrogens (primary N) is 1. The molecule has 0 saturated carbocycles. The minimum atomic E-state index is -1.27. The Morgan fingerprint density at radius 1 is 1.14 bits per heavy atom. The summed E-state index contributed by atoms with van der Waals surface area (Å²) < 4.78 is 13.6. The number of nitrogens with zero attached hydrogens (tertiary/aromatic N) is 4. The summed E-state index contributed by atoms with van der Waals surface area (Å²) in [4.78, 5) is 12.4. The number of aromatic nitrogens is 4. The van der Waals surface area contributed by atoms with Gasteiger partial charge in [0.15, 0.2) is 11.5 Å². The first kappa shape index (κ1) is 18.9. The molecule has 0 saturated heterocycles. The van der Waals surface area contributed by atoms with Crippen LogP contribution in [0.15, 0.2) is 55.1 Å². The smallest absolute Gasteiger partial charge is 0.209 e. The molecule has 1 unspecified atom stereocenters. The molecule has 28 heavy (non-hydrogen) atoms. The highest BCUT2D eigenvalue weighted by atomic mass is 35.7. The van der Waals surface area contributed by atoms with E-state index in [0.717, 1.165) is 16.5 Å². The van der Waals surface area contributed by atoms with Crippen LogP contribution < -0.4 is 10.3 Å². The first-order valence-electron chi connectivity index (χ1n) is 8.73. The fraction of sp³-hybridized carbons (Fsp3) is 0.211. The zero-order chi connectivity index (χ0) is 19.5. The molecule has 0 amide bonds. The second-order valence-corrected chi connectivity index (χ2v) is 8.56. The first-order chi connectivity index (χ1) is 13.6. The monoisotopic (exact) mass is 415 g/mol. The predicted octanol–water partition coefficient (Wildman–Crippen LogP) is 4.55. The van der Waals surface area contributed by atoms with Crippen LogP contribution in [-0.4, -0.2) is 32.0 Å². The average molecular weight is 416 g/mol. The van der Waals surface area contributed by atoms with Crippen molar-refractivity contribution in [2.75, 3.05) is 12.1 Å². The van der Waals surface area contributed by atoms with Gasteiger partial charge in [-0.3, -0.25) is 0 Å². The van der Waals surface area contributed by atoms with E-state index in [1.165, 1.54) is 6.33 Å². The van der Waals surface area contributed by atoms with Gasteiger partial charge in [0.2, 0.25) is 7.50 Å². The van der Waals surface area contributed by atoms with Gasteiger partial charge in [-0.2, -0.15) is 0 Å². The van der Waals surface area contributed by atoms with Crippen LogP contribution in [0.4, 0.5) is 5.82 Å². The van der Waals surface area contributed by atoms with Crippen LogP contribution in [0.25, 0.3) is 21.9 Å². The fourth-order valence-corrected chi connectivity index (χ4v) is 4.09. The van der Waals surface area contributed by atoms with Crippen LogP contribution in [0, 0.1) is 0 Å². The number of hydrogen-bond donors (Lipinski definition) is 1. The van der Waals surface area contributed by atoms with Crippen LogP contribution in [0.5, 0.6) is 5.75 Å². The topological polar surface area (TPSA) is 88.1 Å². The van der Waals surface area contributed by atoms with Crippen molar-refractivity contribution in [1.29, 1.82) is 0 Å². The zero-order valence-corrected chi connectivity index (χ0v) is 16.8. The minimum absolute atomic E-state index is 0.0995. The number of fused-ring (bicyclic) bond motifs is 2. The Balaban J connectivity index is 1.33. The Morgan fingerprint density at radius 2 is 1.96 bits per heavy atom. The van der Waals surface area contributed by atoms with E-state index >= 15 is 0 Å². The molecule has 9 heteroatoms. The number of anilines is 1. The summed E-state index contributed by atoms with van der Waals surface area (Å²) in [6, 6.07) is 14.0. The number of hydrogen-bond acceptors (Lipinski definition) is 6. The molecule has 0 spiro atoms. The van der Waals surface area contributed by atoms with Crippen molar-refractivity contribution >= 4 is 46.5 Å². The van der Waals surface area contributed by atoms with Gasteiger partial charge in [-0.15, -0.1) is 0 Å². The molecule has 2 aromatic heterocycles. The molecule has 0 fully saturated rings. The summed E-state index contributed by atoms with van der Waals surface area (Å²) in [5.41, 5.74) is 7.09. The summed E-state index contributed by atoms with van der Waals surface area (Å²) in [5, 5.41) is 2.28. The van der Waals surface area contributed by atoms with Crippen molar-refractivity contribution < 1.29 is 9.26 Å². The standard InChI is InChI=1S/C19H19ClN5O2P/c1-13(9-25-11-24-17-18(21)22-10-23-19(17)25)26-12-28(20)27-16-7-6-14-4-2-3-5-15(14)8-16/h2-8,10-11,13H,9,12H2,1H3,(H2,21,22,23)/t13-,28?/m1/s1. The second kappa shape index (κ2) is 8.27. The summed E-state index contributed by atoms with van der Waals surface area (Å²) in [7, 11) is -1.27. The molecule has 0 bridgehead atoms. The van der Waals surface area contributed by atoms with Crippen LogP contribution in [0.1, 0.15) is 6.92 Å². The normalized spacial score (nSPS) is 13.6. The largest absolute Gasteiger partial charge is 0.455 e. The molecule has 4 aromatic rings. The number of halogens is 1. The SMILES string of the molecule is C[C@H](Cn1cnc2c(N)ncnc21)OCP(Cl)Oc1ccc2ccccc2c1. The van der Waals surface area contributed by atoms with Crippen molar-refractivity contribution in [1.82, 2.24) is 19.5 Å². The van der Waals surface area contributed by atoms with E-state index in [-0.39, 0.29) is 6.10 Å². The van der Waals surface area contributed by atoms with Gasteiger partial charge in [-0.25, -0.2) is 15.0 Å². The molecule has 4 rings (SSSR count). The van der Waals surface area contributed by atoms with Gasteiger partial charge in [0.25, 0.3) is 0 Å². The van der Waals surface area contributed by atoms with Gasteiger partial charge in [-0.05, 0) is 41.1 Å². The highest BCUT2D eigenvalue weighted by Crippen LogP contribution is 2.43. The highest BCUT2D eigenvalue weighted by molar-refractivity contribution is 7.80. The molecule has 7 nitrogen and oxygen atoms in total. The number of benzene rings is 2.